The summed E-state index contributed by atoms with van der Waals surface area (Å²) in [6.07, 6.45) is -0.993. The molecule has 172 valence electrons. The number of amides is 1. The smallest absolute Gasteiger partial charge is 0.410 e. The third kappa shape index (κ3) is 5.35. The van der Waals surface area contributed by atoms with Gasteiger partial charge in [-0.15, -0.1) is 0 Å². The molecule has 2 heterocycles. The van der Waals surface area contributed by atoms with Gasteiger partial charge in [0.1, 0.15) is 5.60 Å². The fourth-order valence-corrected chi connectivity index (χ4v) is 3.91. The van der Waals surface area contributed by atoms with E-state index in [1.54, 1.807) is 20.8 Å². The highest BCUT2D eigenvalue weighted by atomic mass is 19.2. The van der Waals surface area contributed by atoms with Crippen LogP contribution in [-0.2, 0) is 14.3 Å². The molecule has 2 aliphatic rings. The number of hydrogen-bond donors (Lipinski definition) is 0. The van der Waals surface area contributed by atoms with E-state index in [1.165, 1.54) is 0 Å². The number of ether oxygens (including phenoxy) is 2. The molecule has 1 aromatic carbocycles. The number of carbonyl (C=O) groups excluding carboxylic acids is 2. The van der Waals surface area contributed by atoms with Gasteiger partial charge in [0.2, 0.25) is 0 Å². The van der Waals surface area contributed by atoms with Crippen LogP contribution in [0.3, 0.4) is 0 Å². The number of rotatable bonds is 4. The van der Waals surface area contributed by atoms with Crippen molar-refractivity contribution in [3.63, 3.8) is 0 Å². The monoisotopic (exact) mass is 446 g/mol. The number of Topliss-reactive ketones (excluding diaryl/α,β-unsaturated/α-hetero) is 1. The second-order valence-corrected chi connectivity index (χ2v) is 8.82. The van der Waals surface area contributed by atoms with Crippen LogP contribution in [0.25, 0.3) is 0 Å². The van der Waals surface area contributed by atoms with Crippen LogP contribution in [0.1, 0.15) is 38.7 Å². The van der Waals surface area contributed by atoms with Crippen molar-refractivity contribution in [3.8, 4) is 0 Å². The second kappa shape index (κ2) is 9.12. The lowest BCUT2D eigenvalue weighted by atomic mass is 9.93. The van der Waals surface area contributed by atoms with E-state index in [-0.39, 0.29) is 31.4 Å². The molecular formula is C21H26F4N2O4. The van der Waals surface area contributed by atoms with E-state index in [9.17, 15) is 27.2 Å². The SMILES string of the molecule is CC(C)(C)OC(=O)N1CC(c2c(F)c(F)cc(F)c2F)CC1C(=O)CN1CCOCC1. The second-order valence-electron chi connectivity index (χ2n) is 8.82. The predicted octanol–water partition coefficient (Wildman–Crippen LogP) is 3.24. The van der Waals surface area contributed by atoms with Gasteiger partial charge in [0.25, 0.3) is 0 Å². The fourth-order valence-electron chi connectivity index (χ4n) is 3.91. The van der Waals surface area contributed by atoms with Gasteiger partial charge in [0, 0.05) is 37.2 Å². The van der Waals surface area contributed by atoms with Crippen molar-refractivity contribution < 1.29 is 36.6 Å². The van der Waals surface area contributed by atoms with Crippen LogP contribution < -0.4 is 0 Å². The highest BCUT2D eigenvalue weighted by Crippen LogP contribution is 2.37. The molecule has 0 radical (unpaired) electrons. The lowest BCUT2D eigenvalue weighted by Gasteiger charge is -2.30. The summed E-state index contributed by atoms with van der Waals surface area (Å²) in [6, 6.07) is -0.900. The van der Waals surface area contributed by atoms with Gasteiger partial charge < -0.3 is 9.47 Å². The molecule has 0 aromatic heterocycles. The summed E-state index contributed by atoms with van der Waals surface area (Å²) in [5.74, 6) is -7.53. The third-order valence-corrected chi connectivity index (χ3v) is 5.34. The lowest BCUT2D eigenvalue weighted by Crippen LogP contribution is -2.48. The van der Waals surface area contributed by atoms with Crippen LogP contribution in [0.5, 0.6) is 0 Å². The van der Waals surface area contributed by atoms with Gasteiger partial charge >= 0.3 is 6.09 Å². The highest BCUT2D eigenvalue weighted by molar-refractivity contribution is 5.89. The van der Waals surface area contributed by atoms with Crippen molar-refractivity contribution in [2.45, 2.75) is 44.8 Å². The van der Waals surface area contributed by atoms with Crippen LogP contribution in [-0.4, -0.2) is 72.7 Å². The van der Waals surface area contributed by atoms with Crippen molar-refractivity contribution in [3.05, 3.63) is 34.9 Å². The minimum Gasteiger partial charge on any atom is -0.444 e. The maximum Gasteiger partial charge on any atom is 0.410 e. The molecule has 0 spiro atoms. The van der Waals surface area contributed by atoms with Crippen LogP contribution in [0.15, 0.2) is 6.07 Å². The zero-order valence-corrected chi connectivity index (χ0v) is 17.7. The van der Waals surface area contributed by atoms with Gasteiger partial charge in [-0.05, 0) is 27.2 Å². The molecular weight excluding hydrogens is 420 g/mol. The molecule has 31 heavy (non-hydrogen) atoms. The van der Waals surface area contributed by atoms with Gasteiger partial charge in [0.05, 0.1) is 25.8 Å². The first kappa shape index (κ1) is 23.5. The number of likely N-dealkylation sites (tertiary alicyclic amines) is 1. The standard InChI is InChI=1S/C21H26F4N2O4/c1-21(2,3)31-20(29)27-10-12(17-18(24)13(22)9-14(23)19(17)25)8-15(27)16(28)11-26-4-6-30-7-5-26/h9,12,15H,4-8,10-11H2,1-3H3. The summed E-state index contributed by atoms with van der Waals surface area (Å²) >= 11 is 0. The summed E-state index contributed by atoms with van der Waals surface area (Å²) in [5, 5.41) is 0. The van der Waals surface area contributed by atoms with Crippen molar-refractivity contribution in [1.29, 1.82) is 0 Å². The topological polar surface area (TPSA) is 59.1 Å². The molecule has 1 amide bonds. The number of hydrogen-bond acceptors (Lipinski definition) is 5. The zero-order valence-electron chi connectivity index (χ0n) is 17.7. The summed E-state index contributed by atoms with van der Waals surface area (Å²) in [6.45, 7) is 6.65. The molecule has 0 N–H and O–H groups in total. The Morgan fingerprint density at radius 1 is 1.10 bits per heavy atom. The van der Waals surface area contributed by atoms with Crippen molar-refractivity contribution in [1.82, 2.24) is 9.80 Å². The Morgan fingerprint density at radius 3 is 2.23 bits per heavy atom. The van der Waals surface area contributed by atoms with Gasteiger partial charge in [-0.1, -0.05) is 0 Å². The lowest BCUT2D eigenvalue weighted by molar-refractivity contribution is -0.125. The third-order valence-electron chi connectivity index (χ3n) is 5.34. The van der Waals surface area contributed by atoms with Gasteiger partial charge in [-0.25, -0.2) is 22.4 Å². The van der Waals surface area contributed by atoms with Crippen molar-refractivity contribution in [2.75, 3.05) is 39.4 Å². The Hall–Kier alpha value is -2.20. The van der Waals surface area contributed by atoms with Crippen LogP contribution in [0.2, 0.25) is 0 Å². The number of carbonyl (C=O) groups is 2. The average molecular weight is 446 g/mol. The number of benzene rings is 1. The molecule has 10 heteroatoms. The fraction of sp³-hybridized carbons (Fsp3) is 0.619. The quantitative estimate of drug-likeness (QED) is 0.525. The molecule has 3 rings (SSSR count). The van der Waals surface area contributed by atoms with E-state index in [0.29, 0.717) is 26.3 Å². The Labute approximate surface area is 178 Å². The first-order valence-corrected chi connectivity index (χ1v) is 10.1. The Bertz CT molecular complexity index is 827. The molecule has 0 saturated carbocycles. The van der Waals surface area contributed by atoms with Gasteiger partial charge in [0.15, 0.2) is 29.1 Å². The molecule has 2 unspecified atom stereocenters. The first-order valence-electron chi connectivity index (χ1n) is 10.1. The molecule has 0 bridgehead atoms. The number of morpholine rings is 1. The van der Waals surface area contributed by atoms with E-state index in [1.807, 2.05) is 4.90 Å². The Kier molecular flexibility index (Phi) is 6.90. The first-order chi connectivity index (χ1) is 14.5. The van der Waals surface area contributed by atoms with E-state index in [2.05, 4.69) is 0 Å². The normalized spacial score (nSPS) is 22.6. The molecule has 2 fully saturated rings. The molecule has 0 aliphatic carbocycles. The average Bonchev–Trinajstić information content (AvgIpc) is 3.11. The Balaban J connectivity index is 1.88. The minimum absolute atomic E-state index is 0.0164. The summed E-state index contributed by atoms with van der Waals surface area (Å²) in [5.41, 5.74) is -1.67. The van der Waals surface area contributed by atoms with Crippen molar-refractivity contribution in [2.24, 2.45) is 0 Å². The molecule has 2 atom stereocenters. The van der Waals surface area contributed by atoms with E-state index >= 15 is 0 Å². The largest absolute Gasteiger partial charge is 0.444 e. The molecule has 6 nitrogen and oxygen atoms in total. The van der Waals surface area contributed by atoms with Gasteiger partial charge in [-0.2, -0.15) is 0 Å². The summed E-state index contributed by atoms with van der Waals surface area (Å²) < 4.78 is 66.8. The van der Waals surface area contributed by atoms with E-state index in [4.69, 9.17) is 9.47 Å². The number of ketones is 1. The maximum absolute atomic E-state index is 14.4. The zero-order chi connectivity index (χ0) is 22.9. The summed E-state index contributed by atoms with van der Waals surface area (Å²) in [7, 11) is 0. The predicted molar refractivity (Wildman–Crippen MR) is 103 cm³/mol. The number of halogens is 4. The molecule has 1 aromatic rings. The minimum atomic E-state index is -1.53. The molecule has 2 aliphatic heterocycles. The van der Waals surface area contributed by atoms with Crippen LogP contribution in [0, 0.1) is 23.3 Å². The van der Waals surface area contributed by atoms with Crippen LogP contribution in [0.4, 0.5) is 22.4 Å². The Morgan fingerprint density at radius 2 is 1.68 bits per heavy atom. The highest BCUT2D eigenvalue weighted by Gasteiger charge is 2.44. The van der Waals surface area contributed by atoms with E-state index < -0.39 is 52.5 Å². The summed E-state index contributed by atoms with van der Waals surface area (Å²) in [4.78, 5) is 28.7. The van der Waals surface area contributed by atoms with Gasteiger partial charge in [-0.3, -0.25) is 14.6 Å². The van der Waals surface area contributed by atoms with E-state index in [0.717, 1.165) is 4.90 Å². The molecule has 2 saturated heterocycles. The van der Waals surface area contributed by atoms with Crippen molar-refractivity contribution >= 4 is 11.9 Å². The van der Waals surface area contributed by atoms with Crippen LogP contribution >= 0.6 is 0 Å². The number of nitrogens with zero attached hydrogens (tertiary/aromatic N) is 2. The maximum atomic E-state index is 14.4.